The molecule has 112 valence electrons. The minimum absolute atomic E-state index is 0.104. The van der Waals surface area contributed by atoms with Crippen LogP contribution < -0.4 is 10.6 Å². The molecule has 0 unspecified atom stereocenters. The van der Waals surface area contributed by atoms with Crippen molar-refractivity contribution in [2.75, 3.05) is 39.3 Å². The average molecular weight is 279 g/mol. The molecule has 2 rings (SSSR count). The summed E-state index contributed by atoms with van der Waals surface area (Å²) in [6.07, 6.45) is 1.80. The van der Waals surface area contributed by atoms with E-state index in [0.717, 1.165) is 56.9 Å². The number of carbonyl (C=O) groups is 1. The maximum atomic E-state index is 11.9. The van der Waals surface area contributed by atoms with Crippen molar-refractivity contribution in [3.05, 3.63) is 23.2 Å². The lowest BCUT2D eigenvalue weighted by Gasteiger charge is -2.26. The summed E-state index contributed by atoms with van der Waals surface area (Å²) in [5, 5.41) is 6.26. The van der Waals surface area contributed by atoms with E-state index in [1.165, 1.54) is 0 Å². The zero-order valence-corrected chi connectivity index (χ0v) is 12.5. The van der Waals surface area contributed by atoms with E-state index in [1.807, 2.05) is 19.9 Å². The Morgan fingerprint density at radius 1 is 1.45 bits per heavy atom. The summed E-state index contributed by atoms with van der Waals surface area (Å²) in [4.78, 5) is 14.4. The summed E-state index contributed by atoms with van der Waals surface area (Å²) in [5.41, 5.74) is 1.05. The van der Waals surface area contributed by atoms with Crippen LogP contribution in [-0.4, -0.2) is 50.1 Å². The second-order valence-corrected chi connectivity index (χ2v) is 5.27. The monoisotopic (exact) mass is 279 g/mol. The van der Waals surface area contributed by atoms with Gasteiger partial charge in [0, 0.05) is 39.1 Å². The normalized spacial score (nSPS) is 16.3. The number of nitrogens with zero attached hydrogens (tertiary/aromatic N) is 1. The third kappa shape index (κ3) is 4.08. The van der Waals surface area contributed by atoms with Gasteiger partial charge in [-0.2, -0.15) is 0 Å². The summed E-state index contributed by atoms with van der Waals surface area (Å²) in [7, 11) is 0. The van der Waals surface area contributed by atoms with Crippen molar-refractivity contribution >= 4 is 5.91 Å². The quantitative estimate of drug-likeness (QED) is 0.768. The third-order valence-electron chi connectivity index (χ3n) is 3.71. The van der Waals surface area contributed by atoms with Crippen LogP contribution in [0.2, 0.25) is 0 Å². The fourth-order valence-corrected chi connectivity index (χ4v) is 2.51. The molecule has 0 bridgehead atoms. The van der Waals surface area contributed by atoms with Crippen LogP contribution in [0.25, 0.3) is 0 Å². The number of carbonyl (C=O) groups excluding carboxylic acids is 1. The molecule has 5 heteroatoms. The molecular weight excluding hydrogens is 254 g/mol. The molecule has 20 heavy (non-hydrogen) atoms. The maximum Gasteiger partial charge on any atom is 0.287 e. The summed E-state index contributed by atoms with van der Waals surface area (Å²) >= 11 is 0. The van der Waals surface area contributed by atoms with E-state index >= 15 is 0 Å². The molecule has 1 saturated heterocycles. The standard InChI is InChI=1S/C15H25N3O2/c1-3-13-12(2)11-14(20-13)15(19)17-5-4-8-18-9-6-16-7-10-18/h11,16H,3-10H2,1-2H3,(H,17,19). The summed E-state index contributed by atoms with van der Waals surface area (Å²) in [6, 6.07) is 1.82. The largest absolute Gasteiger partial charge is 0.456 e. The number of nitrogens with one attached hydrogen (secondary N) is 2. The van der Waals surface area contributed by atoms with Gasteiger partial charge in [0.15, 0.2) is 5.76 Å². The number of furan rings is 1. The maximum absolute atomic E-state index is 11.9. The molecule has 0 spiro atoms. The summed E-state index contributed by atoms with van der Waals surface area (Å²) in [5.74, 6) is 1.23. The topological polar surface area (TPSA) is 57.5 Å². The molecule has 0 radical (unpaired) electrons. The van der Waals surface area contributed by atoms with Gasteiger partial charge < -0.3 is 20.0 Å². The molecule has 0 atom stereocenters. The van der Waals surface area contributed by atoms with Gasteiger partial charge in [-0.15, -0.1) is 0 Å². The number of rotatable bonds is 6. The van der Waals surface area contributed by atoms with Gasteiger partial charge in [0.05, 0.1) is 0 Å². The van der Waals surface area contributed by atoms with Crippen LogP contribution in [0.4, 0.5) is 0 Å². The van der Waals surface area contributed by atoms with E-state index < -0.39 is 0 Å². The summed E-state index contributed by atoms with van der Waals surface area (Å²) < 4.78 is 5.54. The van der Waals surface area contributed by atoms with Crippen LogP contribution in [-0.2, 0) is 6.42 Å². The number of hydrogen-bond donors (Lipinski definition) is 2. The highest BCUT2D eigenvalue weighted by Gasteiger charge is 2.13. The number of piperazine rings is 1. The van der Waals surface area contributed by atoms with E-state index in [0.29, 0.717) is 12.3 Å². The molecule has 1 aliphatic heterocycles. The Kier molecular flexibility index (Phi) is 5.61. The molecule has 5 nitrogen and oxygen atoms in total. The molecule has 0 aliphatic carbocycles. The van der Waals surface area contributed by atoms with Crippen molar-refractivity contribution in [3.8, 4) is 0 Å². The summed E-state index contributed by atoms with van der Waals surface area (Å²) in [6.45, 7) is 10.1. The van der Waals surface area contributed by atoms with Gasteiger partial charge in [-0.25, -0.2) is 0 Å². The first-order valence-corrected chi connectivity index (χ1v) is 7.51. The highest BCUT2D eigenvalue weighted by atomic mass is 16.4. The first-order valence-electron chi connectivity index (χ1n) is 7.51. The molecule has 1 aromatic rings. The van der Waals surface area contributed by atoms with Gasteiger partial charge in [0.25, 0.3) is 5.91 Å². The van der Waals surface area contributed by atoms with Crippen molar-refractivity contribution in [1.82, 2.24) is 15.5 Å². The Bertz CT molecular complexity index is 436. The van der Waals surface area contributed by atoms with Crippen LogP contribution in [0.1, 0.15) is 35.2 Å². The fraction of sp³-hybridized carbons (Fsp3) is 0.667. The Labute approximate surface area is 120 Å². The second kappa shape index (κ2) is 7.45. The number of hydrogen-bond acceptors (Lipinski definition) is 4. The highest BCUT2D eigenvalue weighted by molar-refractivity contribution is 5.91. The average Bonchev–Trinajstić information content (AvgIpc) is 2.86. The minimum atomic E-state index is -0.104. The lowest BCUT2D eigenvalue weighted by molar-refractivity contribution is 0.0922. The van der Waals surface area contributed by atoms with Crippen LogP contribution in [0, 0.1) is 6.92 Å². The second-order valence-electron chi connectivity index (χ2n) is 5.27. The van der Waals surface area contributed by atoms with E-state index in [-0.39, 0.29) is 5.91 Å². The first-order chi connectivity index (χ1) is 9.70. The van der Waals surface area contributed by atoms with Crippen molar-refractivity contribution in [1.29, 1.82) is 0 Å². The molecule has 2 N–H and O–H groups in total. The zero-order valence-electron chi connectivity index (χ0n) is 12.5. The van der Waals surface area contributed by atoms with Gasteiger partial charge in [-0.3, -0.25) is 4.79 Å². The smallest absolute Gasteiger partial charge is 0.287 e. The van der Waals surface area contributed by atoms with Crippen LogP contribution in [0.5, 0.6) is 0 Å². The van der Waals surface area contributed by atoms with Gasteiger partial charge in [0.1, 0.15) is 5.76 Å². The zero-order chi connectivity index (χ0) is 14.4. The van der Waals surface area contributed by atoms with Gasteiger partial charge in [0.2, 0.25) is 0 Å². The predicted octanol–water partition coefficient (Wildman–Crippen LogP) is 1.18. The SMILES string of the molecule is CCc1oc(C(=O)NCCCN2CCNCC2)cc1C. The van der Waals surface area contributed by atoms with Gasteiger partial charge in [-0.05, 0) is 31.5 Å². The van der Waals surface area contributed by atoms with Gasteiger partial charge >= 0.3 is 0 Å². The molecule has 1 aromatic heterocycles. The van der Waals surface area contributed by atoms with Crippen molar-refractivity contribution in [3.63, 3.8) is 0 Å². The molecule has 1 aliphatic rings. The molecule has 0 aromatic carbocycles. The van der Waals surface area contributed by atoms with Crippen LogP contribution in [0.3, 0.4) is 0 Å². The predicted molar refractivity (Wildman–Crippen MR) is 79.1 cm³/mol. The number of aryl methyl sites for hydroxylation is 2. The van der Waals surface area contributed by atoms with E-state index in [9.17, 15) is 4.79 Å². The van der Waals surface area contributed by atoms with Crippen LogP contribution in [0.15, 0.2) is 10.5 Å². The minimum Gasteiger partial charge on any atom is -0.456 e. The van der Waals surface area contributed by atoms with Crippen molar-refractivity contribution < 1.29 is 9.21 Å². The third-order valence-corrected chi connectivity index (χ3v) is 3.71. The lowest BCUT2D eigenvalue weighted by atomic mass is 10.2. The molecule has 0 saturated carbocycles. The molecular formula is C15H25N3O2. The highest BCUT2D eigenvalue weighted by Crippen LogP contribution is 2.14. The van der Waals surface area contributed by atoms with Crippen molar-refractivity contribution in [2.45, 2.75) is 26.7 Å². The Morgan fingerprint density at radius 2 is 2.20 bits per heavy atom. The number of amides is 1. The molecule has 1 fully saturated rings. The van der Waals surface area contributed by atoms with E-state index in [1.54, 1.807) is 0 Å². The Hall–Kier alpha value is -1.33. The molecule has 1 amide bonds. The first kappa shape index (κ1) is 15.1. The van der Waals surface area contributed by atoms with E-state index in [4.69, 9.17) is 4.42 Å². The van der Waals surface area contributed by atoms with Crippen LogP contribution >= 0.6 is 0 Å². The lowest BCUT2D eigenvalue weighted by Crippen LogP contribution is -2.44. The Morgan fingerprint density at radius 3 is 2.85 bits per heavy atom. The molecule has 2 heterocycles. The van der Waals surface area contributed by atoms with Gasteiger partial charge in [-0.1, -0.05) is 6.92 Å². The van der Waals surface area contributed by atoms with E-state index in [2.05, 4.69) is 15.5 Å². The Balaban J connectivity index is 1.69. The van der Waals surface area contributed by atoms with Crippen molar-refractivity contribution in [2.24, 2.45) is 0 Å². The fourth-order valence-electron chi connectivity index (χ4n) is 2.51.